The van der Waals surface area contributed by atoms with Crippen LogP contribution in [0.4, 0.5) is 0 Å². The average molecular weight is 312 g/mol. The van der Waals surface area contributed by atoms with E-state index in [4.69, 9.17) is 4.74 Å². The lowest BCUT2D eigenvalue weighted by Gasteiger charge is -2.06. The number of hydrogen-bond donors (Lipinski definition) is 1. The van der Waals surface area contributed by atoms with Crippen LogP contribution in [0.1, 0.15) is 30.3 Å². The Bertz CT molecular complexity index is 711. The molecular formula is C18H20N2O3. The van der Waals surface area contributed by atoms with Crippen molar-refractivity contribution in [3.05, 3.63) is 53.6 Å². The number of carbonyl (C=O) groups is 1. The first-order valence-electron chi connectivity index (χ1n) is 7.53. The van der Waals surface area contributed by atoms with Gasteiger partial charge in [-0.2, -0.15) is 0 Å². The van der Waals surface area contributed by atoms with Crippen molar-refractivity contribution < 1.29 is 14.6 Å². The molecule has 0 bridgehead atoms. The second-order valence-corrected chi connectivity index (χ2v) is 5.05. The van der Waals surface area contributed by atoms with Gasteiger partial charge in [-0.15, -0.1) is 0 Å². The van der Waals surface area contributed by atoms with Crippen LogP contribution in [-0.2, 0) is 11.2 Å². The number of phenolic OH excluding ortho intramolecular Hbond substituents is 1. The number of phenols is 1. The molecule has 1 aromatic heterocycles. The number of hydrogen-bond acceptors (Lipinski definition) is 5. The monoisotopic (exact) mass is 312 g/mol. The van der Waals surface area contributed by atoms with E-state index in [0.717, 1.165) is 17.0 Å². The summed E-state index contributed by atoms with van der Waals surface area (Å²) in [6, 6.07) is 4.99. The lowest BCUT2D eigenvalue weighted by molar-refractivity contribution is -0.114. The van der Waals surface area contributed by atoms with Gasteiger partial charge in [0, 0.05) is 18.8 Å². The summed E-state index contributed by atoms with van der Waals surface area (Å²) < 4.78 is 5.32. The number of allylic oxidation sites excluding steroid dienone is 1. The third kappa shape index (κ3) is 4.92. The molecule has 0 atom stereocenters. The van der Waals surface area contributed by atoms with Gasteiger partial charge in [0.2, 0.25) is 0 Å². The van der Waals surface area contributed by atoms with Crippen LogP contribution in [0.25, 0.3) is 6.08 Å². The number of aromatic hydroxyl groups is 1. The summed E-state index contributed by atoms with van der Waals surface area (Å²) in [5, 5.41) is 9.65. The zero-order chi connectivity index (χ0) is 16.7. The zero-order valence-corrected chi connectivity index (χ0v) is 13.3. The minimum absolute atomic E-state index is 0.0149. The van der Waals surface area contributed by atoms with Crippen LogP contribution in [0, 0.1) is 6.92 Å². The van der Waals surface area contributed by atoms with Crippen LogP contribution in [0.5, 0.6) is 11.5 Å². The van der Waals surface area contributed by atoms with Crippen molar-refractivity contribution >= 4 is 11.9 Å². The number of rotatable bonds is 7. The highest BCUT2D eigenvalue weighted by Crippen LogP contribution is 2.27. The number of aromatic nitrogens is 2. The molecule has 0 aliphatic heterocycles. The van der Waals surface area contributed by atoms with E-state index in [1.165, 1.54) is 6.08 Å². The van der Waals surface area contributed by atoms with Crippen molar-refractivity contribution in [3.63, 3.8) is 0 Å². The molecule has 2 rings (SSSR count). The predicted octanol–water partition coefficient (Wildman–Crippen LogP) is 3.10. The van der Waals surface area contributed by atoms with Crippen molar-refractivity contribution in [2.24, 2.45) is 0 Å². The van der Waals surface area contributed by atoms with Gasteiger partial charge in [-0.25, -0.2) is 0 Å². The van der Waals surface area contributed by atoms with E-state index in [2.05, 4.69) is 9.97 Å². The lowest BCUT2D eigenvalue weighted by Crippen LogP contribution is -2.01. The Morgan fingerprint density at radius 2 is 2.09 bits per heavy atom. The molecule has 1 heterocycles. The molecule has 0 amide bonds. The average Bonchev–Trinajstić information content (AvgIpc) is 2.55. The predicted molar refractivity (Wildman–Crippen MR) is 88.4 cm³/mol. The van der Waals surface area contributed by atoms with Gasteiger partial charge in [0.1, 0.15) is 0 Å². The van der Waals surface area contributed by atoms with Crippen LogP contribution < -0.4 is 4.74 Å². The number of aryl methyl sites for hydroxylation is 2. The van der Waals surface area contributed by atoms with Gasteiger partial charge >= 0.3 is 0 Å². The number of nitrogens with zero attached hydrogens (tertiary/aromatic N) is 2. The van der Waals surface area contributed by atoms with Crippen LogP contribution in [0.2, 0.25) is 0 Å². The van der Waals surface area contributed by atoms with Gasteiger partial charge in [-0.1, -0.05) is 12.1 Å². The SMILES string of the molecule is CCOc1cc(C=CC(=O)CCc2nccnc2C)ccc1O. The summed E-state index contributed by atoms with van der Waals surface area (Å²) in [6.45, 7) is 4.20. The third-order valence-electron chi connectivity index (χ3n) is 3.34. The van der Waals surface area contributed by atoms with E-state index < -0.39 is 0 Å². The zero-order valence-electron chi connectivity index (χ0n) is 13.3. The molecule has 0 fully saturated rings. The summed E-state index contributed by atoms with van der Waals surface area (Å²) in [5.41, 5.74) is 2.50. The molecule has 0 unspecified atom stereocenters. The van der Waals surface area contributed by atoms with E-state index in [1.807, 2.05) is 13.8 Å². The van der Waals surface area contributed by atoms with E-state index >= 15 is 0 Å². The first kappa shape index (κ1) is 16.7. The highest BCUT2D eigenvalue weighted by atomic mass is 16.5. The van der Waals surface area contributed by atoms with Crippen molar-refractivity contribution in [3.8, 4) is 11.5 Å². The Morgan fingerprint density at radius 3 is 2.83 bits per heavy atom. The highest BCUT2D eigenvalue weighted by molar-refractivity contribution is 5.93. The topological polar surface area (TPSA) is 72.3 Å². The molecule has 0 saturated carbocycles. The number of benzene rings is 1. The lowest BCUT2D eigenvalue weighted by atomic mass is 10.1. The molecule has 1 aromatic carbocycles. The molecule has 1 N–H and O–H groups in total. The summed E-state index contributed by atoms with van der Waals surface area (Å²) in [5.74, 6) is 0.520. The number of ketones is 1. The van der Waals surface area contributed by atoms with Gasteiger partial charge in [0.15, 0.2) is 17.3 Å². The molecular weight excluding hydrogens is 292 g/mol. The van der Waals surface area contributed by atoms with Crippen LogP contribution in [0.3, 0.4) is 0 Å². The molecule has 0 aliphatic carbocycles. The van der Waals surface area contributed by atoms with Gasteiger partial charge in [-0.3, -0.25) is 14.8 Å². The molecule has 0 spiro atoms. The Balaban J connectivity index is 1.96. The summed E-state index contributed by atoms with van der Waals surface area (Å²) >= 11 is 0. The maximum atomic E-state index is 12.0. The molecule has 5 heteroatoms. The summed E-state index contributed by atoms with van der Waals surface area (Å²) in [7, 11) is 0. The van der Waals surface area contributed by atoms with E-state index in [1.54, 1.807) is 36.7 Å². The van der Waals surface area contributed by atoms with E-state index in [-0.39, 0.29) is 11.5 Å². The van der Waals surface area contributed by atoms with Gasteiger partial charge in [0.25, 0.3) is 0 Å². The Hall–Kier alpha value is -2.69. The molecule has 120 valence electrons. The largest absolute Gasteiger partial charge is 0.504 e. The minimum atomic E-state index is 0.0149. The first-order chi connectivity index (χ1) is 11.1. The highest BCUT2D eigenvalue weighted by Gasteiger charge is 2.05. The Labute approximate surface area is 135 Å². The quantitative estimate of drug-likeness (QED) is 0.795. The molecule has 2 aromatic rings. The maximum Gasteiger partial charge on any atom is 0.161 e. The van der Waals surface area contributed by atoms with Crippen molar-refractivity contribution in [1.29, 1.82) is 0 Å². The maximum absolute atomic E-state index is 12.0. The van der Waals surface area contributed by atoms with Crippen molar-refractivity contribution in [2.45, 2.75) is 26.7 Å². The normalized spacial score (nSPS) is 10.9. The Kier molecular flexibility index (Phi) is 5.86. The molecule has 0 saturated heterocycles. The van der Waals surface area contributed by atoms with Crippen molar-refractivity contribution in [2.75, 3.05) is 6.61 Å². The minimum Gasteiger partial charge on any atom is -0.504 e. The summed E-state index contributed by atoms with van der Waals surface area (Å²) in [4.78, 5) is 20.3. The molecule has 0 radical (unpaired) electrons. The first-order valence-corrected chi connectivity index (χ1v) is 7.53. The third-order valence-corrected chi connectivity index (χ3v) is 3.34. The van der Waals surface area contributed by atoms with Gasteiger partial charge < -0.3 is 9.84 Å². The smallest absolute Gasteiger partial charge is 0.161 e. The molecule has 23 heavy (non-hydrogen) atoms. The number of carbonyl (C=O) groups excluding carboxylic acids is 1. The van der Waals surface area contributed by atoms with Gasteiger partial charge in [-0.05, 0) is 44.0 Å². The fourth-order valence-electron chi connectivity index (χ4n) is 2.10. The van der Waals surface area contributed by atoms with Crippen LogP contribution in [-0.4, -0.2) is 27.5 Å². The van der Waals surface area contributed by atoms with Gasteiger partial charge in [0.05, 0.1) is 18.0 Å². The van der Waals surface area contributed by atoms with Crippen LogP contribution in [0.15, 0.2) is 36.7 Å². The van der Waals surface area contributed by atoms with Crippen molar-refractivity contribution in [1.82, 2.24) is 9.97 Å². The second-order valence-electron chi connectivity index (χ2n) is 5.05. The standard InChI is InChI=1S/C18H20N2O3/c1-3-23-18-12-14(5-9-17(18)22)4-6-15(21)7-8-16-13(2)19-10-11-20-16/h4-6,9-12,22H,3,7-8H2,1-2H3. The van der Waals surface area contributed by atoms with Crippen LogP contribution >= 0.6 is 0 Å². The number of ether oxygens (including phenoxy) is 1. The Morgan fingerprint density at radius 1 is 1.30 bits per heavy atom. The fraction of sp³-hybridized carbons (Fsp3) is 0.278. The molecule has 5 nitrogen and oxygen atoms in total. The van der Waals surface area contributed by atoms with E-state index in [0.29, 0.717) is 25.2 Å². The molecule has 0 aliphatic rings. The summed E-state index contributed by atoms with van der Waals surface area (Å²) in [6.07, 6.45) is 7.48. The fourth-order valence-corrected chi connectivity index (χ4v) is 2.10. The van der Waals surface area contributed by atoms with E-state index in [9.17, 15) is 9.90 Å². The second kappa shape index (κ2) is 8.08.